The lowest BCUT2D eigenvalue weighted by molar-refractivity contribution is -0.0505. The fraction of sp³-hybridized carbons (Fsp3) is 0.500. The number of guanidine groups is 1. The summed E-state index contributed by atoms with van der Waals surface area (Å²) in [7, 11) is 5.85. The minimum absolute atomic E-state index is 0. The van der Waals surface area contributed by atoms with Crippen LogP contribution >= 0.6 is 24.0 Å². The van der Waals surface area contributed by atoms with Gasteiger partial charge in [-0.15, -0.1) is 24.0 Å². The van der Waals surface area contributed by atoms with E-state index in [2.05, 4.69) is 30.4 Å². The number of aliphatic imine (C=N–C) groups is 1. The van der Waals surface area contributed by atoms with Gasteiger partial charge in [-0.3, -0.25) is 4.68 Å². The van der Waals surface area contributed by atoms with Gasteiger partial charge in [0.25, 0.3) is 0 Å². The van der Waals surface area contributed by atoms with Crippen LogP contribution in [0.2, 0.25) is 0 Å². The topological polar surface area (TPSA) is 85.2 Å². The number of alkyl halides is 2. The minimum atomic E-state index is -2.95. The van der Waals surface area contributed by atoms with Crippen LogP contribution in [0.1, 0.15) is 24.1 Å². The van der Waals surface area contributed by atoms with Gasteiger partial charge in [0.15, 0.2) is 17.5 Å². The van der Waals surface area contributed by atoms with Crippen LogP contribution in [-0.4, -0.2) is 61.2 Å². The number of aromatic nitrogens is 2. The van der Waals surface area contributed by atoms with Crippen LogP contribution in [0, 0.1) is 0 Å². The summed E-state index contributed by atoms with van der Waals surface area (Å²) in [6, 6.07) is 3.09. The highest BCUT2D eigenvalue weighted by Gasteiger charge is 2.20. The van der Waals surface area contributed by atoms with E-state index in [4.69, 9.17) is 9.47 Å². The molecule has 0 bridgehead atoms. The number of rotatable bonds is 9. The molecule has 0 saturated carbocycles. The zero-order valence-electron chi connectivity index (χ0n) is 18.5. The Morgan fingerprint density at radius 1 is 1.28 bits per heavy atom. The smallest absolute Gasteiger partial charge is 0.387 e. The number of hydrogen-bond donors (Lipinski definition) is 2. The highest BCUT2D eigenvalue weighted by Crippen LogP contribution is 2.39. The average molecular weight is 566 g/mol. The molecular weight excluding hydrogens is 537 g/mol. The van der Waals surface area contributed by atoms with E-state index in [1.54, 1.807) is 10.7 Å². The van der Waals surface area contributed by atoms with Gasteiger partial charge in [0.1, 0.15) is 5.75 Å². The highest BCUT2D eigenvalue weighted by atomic mass is 127. The maximum absolute atomic E-state index is 12.9. The fourth-order valence-corrected chi connectivity index (χ4v) is 3.20. The number of ether oxygens (including phenoxy) is 3. The van der Waals surface area contributed by atoms with Gasteiger partial charge in [0.05, 0.1) is 18.8 Å². The van der Waals surface area contributed by atoms with Crippen molar-refractivity contribution < 1.29 is 23.0 Å². The third kappa shape index (κ3) is 6.82. The molecule has 1 aliphatic rings. The second kappa shape index (κ2) is 12.0. The Balaban J connectivity index is 0.00000363. The molecule has 0 fully saturated rings. The Kier molecular flexibility index (Phi) is 9.75. The summed E-state index contributed by atoms with van der Waals surface area (Å²) in [4.78, 5) is 6.62. The molecule has 2 N–H and O–H groups in total. The van der Waals surface area contributed by atoms with Crippen molar-refractivity contribution in [2.24, 2.45) is 12.0 Å². The Morgan fingerprint density at radius 2 is 2.00 bits per heavy atom. The molecule has 2 heterocycles. The number of nitrogens with zero attached hydrogens (tertiary/aromatic N) is 4. The summed E-state index contributed by atoms with van der Waals surface area (Å²) in [5.41, 5.74) is 1.54. The summed E-state index contributed by atoms with van der Waals surface area (Å²) in [5, 5.41) is 10.7. The zero-order valence-corrected chi connectivity index (χ0v) is 20.8. The Morgan fingerprint density at radius 3 is 2.59 bits per heavy atom. The van der Waals surface area contributed by atoms with E-state index < -0.39 is 6.61 Å². The molecule has 0 radical (unpaired) electrons. The molecule has 1 aromatic heterocycles. The Bertz CT molecular complexity index is 909. The Labute approximate surface area is 203 Å². The fourth-order valence-electron chi connectivity index (χ4n) is 3.20. The van der Waals surface area contributed by atoms with Gasteiger partial charge in [0, 0.05) is 43.5 Å². The van der Waals surface area contributed by atoms with Crippen LogP contribution in [0.3, 0.4) is 0 Å². The number of halogens is 3. The molecule has 1 unspecified atom stereocenters. The average Bonchev–Trinajstić information content (AvgIpc) is 3.33. The van der Waals surface area contributed by atoms with E-state index in [0.717, 1.165) is 5.56 Å². The number of benzene rings is 1. The summed E-state index contributed by atoms with van der Waals surface area (Å²) < 4.78 is 42.7. The number of likely N-dealkylation sites (N-methyl/N-ethyl adjacent to an activating group) is 1. The molecule has 32 heavy (non-hydrogen) atoms. The molecular formula is C20H29F2IN6O3. The second-order valence-electron chi connectivity index (χ2n) is 7.19. The van der Waals surface area contributed by atoms with Gasteiger partial charge in [-0.05, 0) is 27.1 Å². The maximum atomic E-state index is 12.9. The van der Waals surface area contributed by atoms with E-state index in [9.17, 15) is 8.78 Å². The lowest BCUT2D eigenvalue weighted by Gasteiger charge is -2.24. The monoisotopic (exact) mass is 566 g/mol. The predicted octanol–water partition coefficient (Wildman–Crippen LogP) is 2.73. The van der Waals surface area contributed by atoms with Crippen LogP contribution in [0.15, 0.2) is 29.5 Å². The van der Waals surface area contributed by atoms with Gasteiger partial charge >= 0.3 is 6.61 Å². The summed E-state index contributed by atoms with van der Waals surface area (Å²) in [6.45, 7) is 0.385. The van der Waals surface area contributed by atoms with Crippen LogP contribution < -0.4 is 24.8 Å². The van der Waals surface area contributed by atoms with E-state index in [0.29, 0.717) is 36.1 Å². The first-order valence-electron chi connectivity index (χ1n) is 9.91. The third-order valence-electron chi connectivity index (χ3n) is 4.72. The van der Waals surface area contributed by atoms with Crippen molar-refractivity contribution in [2.75, 3.05) is 34.0 Å². The van der Waals surface area contributed by atoms with Crippen molar-refractivity contribution in [2.45, 2.75) is 26.1 Å². The second-order valence-corrected chi connectivity index (χ2v) is 7.19. The molecule has 0 saturated heterocycles. The quantitative estimate of drug-likeness (QED) is 0.275. The van der Waals surface area contributed by atoms with Gasteiger partial charge < -0.3 is 29.7 Å². The van der Waals surface area contributed by atoms with E-state index in [1.165, 1.54) is 6.07 Å². The number of hydrogen-bond acceptors (Lipinski definition) is 6. The largest absolute Gasteiger partial charge is 0.454 e. The van der Waals surface area contributed by atoms with Crippen LogP contribution in [0.5, 0.6) is 17.2 Å². The molecule has 12 heteroatoms. The van der Waals surface area contributed by atoms with Crippen molar-refractivity contribution in [3.63, 3.8) is 0 Å². The molecule has 0 aliphatic carbocycles. The molecule has 178 valence electrons. The van der Waals surface area contributed by atoms with Gasteiger partial charge in [-0.2, -0.15) is 13.9 Å². The van der Waals surface area contributed by atoms with Crippen molar-refractivity contribution >= 4 is 29.9 Å². The first-order chi connectivity index (χ1) is 14.9. The SMILES string of the molecule is CCNC(=NCc1cc2c(cc1OC(F)F)OCO2)NCC(c1cnn(C)c1)N(C)C.I. The van der Waals surface area contributed by atoms with E-state index in [-0.39, 0.29) is 49.1 Å². The van der Waals surface area contributed by atoms with Crippen LogP contribution in [-0.2, 0) is 13.6 Å². The molecule has 1 aliphatic heterocycles. The summed E-state index contributed by atoms with van der Waals surface area (Å²) in [6.07, 6.45) is 3.80. The first kappa shape index (κ1) is 25.9. The predicted molar refractivity (Wildman–Crippen MR) is 127 cm³/mol. The molecule has 0 amide bonds. The third-order valence-corrected chi connectivity index (χ3v) is 4.72. The van der Waals surface area contributed by atoms with Crippen molar-refractivity contribution in [3.05, 3.63) is 35.7 Å². The number of fused-ring (bicyclic) bond motifs is 1. The van der Waals surface area contributed by atoms with Crippen molar-refractivity contribution in [3.8, 4) is 17.2 Å². The van der Waals surface area contributed by atoms with Crippen molar-refractivity contribution in [1.82, 2.24) is 25.3 Å². The van der Waals surface area contributed by atoms with E-state index in [1.807, 2.05) is 40.5 Å². The lowest BCUT2D eigenvalue weighted by atomic mass is 10.1. The van der Waals surface area contributed by atoms with Gasteiger partial charge in [-0.25, -0.2) is 4.99 Å². The van der Waals surface area contributed by atoms with Crippen molar-refractivity contribution in [1.29, 1.82) is 0 Å². The lowest BCUT2D eigenvalue weighted by Crippen LogP contribution is -2.41. The normalized spacial score (nSPS) is 13.8. The van der Waals surface area contributed by atoms with Crippen LogP contribution in [0.25, 0.3) is 0 Å². The first-order valence-corrected chi connectivity index (χ1v) is 9.91. The Hall–Kier alpha value is -2.35. The molecule has 1 atom stereocenters. The molecule has 9 nitrogen and oxygen atoms in total. The van der Waals surface area contributed by atoms with E-state index >= 15 is 0 Å². The number of nitrogens with one attached hydrogen (secondary N) is 2. The minimum Gasteiger partial charge on any atom is -0.454 e. The molecule has 0 spiro atoms. The number of aryl methyl sites for hydroxylation is 1. The summed E-state index contributed by atoms with van der Waals surface area (Å²) in [5.74, 6) is 1.42. The standard InChI is InChI=1S/C20H28F2N6O3.HI/c1-5-23-20(25-10-15(27(2)3)14-9-26-28(4)11-14)24-8-13-6-17-18(30-12-29-17)7-16(13)31-19(21)22;/h6-7,9,11,15,19H,5,8,10,12H2,1-4H3,(H2,23,24,25);1H. The molecule has 3 rings (SSSR count). The maximum Gasteiger partial charge on any atom is 0.387 e. The van der Waals surface area contributed by atoms with Gasteiger partial charge in [0.2, 0.25) is 6.79 Å². The van der Waals surface area contributed by atoms with Gasteiger partial charge in [-0.1, -0.05) is 0 Å². The zero-order chi connectivity index (χ0) is 22.4. The molecule has 1 aromatic carbocycles. The summed E-state index contributed by atoms with van der Waals surface area (Å²) >= 11 is 0. The highest BCUT2D eigenvalue weighted by molar-refractivity contribution is 14.0. The molecule has 2 aromatic rings. The van der Waals surface area contributed by atoms with Crippen LogP contribution in [0.4, 0.5) is 8.78 Å².